The lowest BCUT2D eigenvalue weighted by atomic mass is 10.0. The molecular formula is C17H20N4O3S2. The number of sulfonamides is 1. The summed E-state index contributed by atoms with van der Waals surface area (Å²) in [7, 11) is -3.74. The lowest BCUT2D eigenvalue weighted by Crippen LogP contribution is -2.26. The van der Waals surface area contributed by atoms with E-state index in [9.17, 15) is 13.2 Å². The van der Waals surface area contributed by atoms with Gasteiger partial charge in [-0.05, 0) is 44.7 Å². The highest BCUT2D eigenvalue weighted by Crippen LogP contribution is 2.22. The number of aryl methyl sites for hydroxylation is 1. The molecule has 1 aliphatic rings. The number of hydrogen-bond acceptors (Lipinski definition) is 6. The van der Waals surface area contributed by atoms with Gasteiger partial charge in [-0.1, -0.05) is 40.7 Å². The quantitative estimate of drug-likeness (QED) is 0.581. The molecule has 0 atom stereocenters. The molecule has 2 aromatic rings. The summed E-state index contributed by atoms with van der Waals surface area (Å²) in [6.07, 6.45) is 6.22. The van der Waals surface area contributed by atoms with Crippen molar-refractivity contribution in [2.45, 2.75) is 36.9 Å². The smallest absolute Gasteiger partial charge is 0.270 e. The molecule has 138 valence electrons. The number of benzene rings is 1. The number of nitrogens with zero attached hydrogens (tertiary/aromatic N) is 2. The molecule has 0 saturated carbocycles. The minimum atomic E-state index is -3.74. The second-order valence-corrected chi connectivity index (χ2v) is 9.04. The summed E-state index contributed by atoms with van der Waals surface area (Å²) >= 11 is 0.828. The van der Waals surface area contributed by atoms with Crippen LogP contribution in [0.4, 0.5) is 5.13 Å². The average Bonchev–Trinajstić information content (AvgIpc) is 3.11. The fraction of sp³-hybridized carbons (Fsp3) is 0.353. The first-order chi connectivity index (χ1) is 12.4. The Morgan fingerprint density at radius 2 is 1.96 bits per heavy atom. The van der Waals surface area contributed by atoms with Gasteiger partial charge in [0.25, 0.3) is 15.9 Å². The number of aromatic nitrogens is 2. The van der Waals surface area contributed by atoms with Crippen molar-refractivity contribution in [3.8, 4) is 0 Å². The van der Waals surface area contributed by atoms with Crippen LogP contribution in [0.15, 0.2) is 40.3 Å². The molecule has 1 aromatic carbocycles. The Balaban J connectivity index is 1.63. The van der Waals surface area contributed by atoms with Crippen LogP contribution in [-0.4, -0.2) is 31.1 Å². The van der Waals surface area contributed by atoms with Crippen LogP contribution in [-0.2, 0) is 10.0 Å². The number of nitrogens with one attached hydrogen (secondary N) is 2. The van der Waals surface area contributed by atoms with Crippen LogP contribution in [0.3, 0.4) is 0 Å². The predicted octanol–water partition coefficient (Wildman–Crippen LogP) is 2.88. The van der Waals surface area contributed by atoms with E-state index >= 15 is 0 Å². The van der Waals surface area contributed by atoms with Crippen molar-refractivity contribution in [1.29, 1.82) is 0 Å². The average molecular weight is 393 g/mol. The largest absolute Gasteiger partial charge is 0.296 e. The van der Waals surface area contributed by atoms with Crippen LogP contribution >= 0.6 is 11.3 Å². The van der Waals surface area contributed by atoms with Crippen molar-refractivity contribution in [1.82, 2.24) is 14.9 Å². The Morgan fingerprint density at radius 1 is 1.19 bits per heavy atom. The third kappa shape index (κ3) is 4.75. The number of carbonyl (C=O) groups is 1. The van der Waals surface area contributed by atoms with E-state index in [4.69, 9.17) is 0 Å². The van der Waals surface area contributed by atoms with Gasteiger partial charge in [0.05, 0.1) is 0 Å². The number of amides is 1. The van der Waals surface area contributed by atoms with Gasteiger partial charge < -0.3 is 0 Å². The van der Waals surface area contributed by atoms with Gasteiger partial charge in [0, 0.05) is 12.1 Å². The Morgan fingerprint density at radius 3 is 2.65 bits per heavy atom. The summed E-state index contributed by atoms with van der Waals surface area (Å²) in [5.74, 6) is -0.356. The summed E-state index contributed by atoms with van der Waals surface area (Å²) < 4.78 is 27.1. The molecule has 0 bridgehead atoms. The third-order valence-corrected chi connectivity index (χ3v) is 6.65. The zero-order valence-electron chi connectivity index (χ0n) is 14.4. The van der Waals surface area contributed by atoms with Gasteiger partial charge in [-0.15, -0.1) is 10.2 Å². The standard InChI is InChI=1S/C17H20N4O3S2/c1-12-7-9-14(10-8-12)15(22)19-16-20-21-17(25-16)26(23,24)18-11-13-5-3-2-4-6-13/h5,7-10,18H,2-4,6,11H2,1H3,(H,19,20,22). The first-order valence-electron chi connectivity index (χ1n) is 8.33. The van der Waals surface area contributed by atoms with Gasteiger partial charge in [-0.3, -0.25) is 10.1 Å². The number of hydrogen-bond donors (Lipinski definition) is 2. The molecular weight excluding hydrogens is 372 g/mol. The van der Waals surface area contributed by atoms with Gasteiger partial charge in [0.2, 0.25) is 9.47 Å². The lowest BCUT2D eigenvalue weighted by molar-refractivity contribution is 0.102. The molecule has 0 spiro atoms. The van der Waals surface area contributed by atoms with Crippen LogP contribution in [0.1, 0.15) is 41.6 Å². The summed E-state index contributed by atoms with van der Waals surface area (Å²) in [6.45, 7) is 2.22. The normalized spacial score (nSPS) is 14.7. The Labute approximate surface area is 156 Å². The maximum atomic E-state index is 12.3. The minimum absolute atomic E-state index is 0.146. The minimum Gasteiger partial charge on any atom is -0.296 e. The van der Waals surface area contributed by atoms with Crippen molar-refractivity contribution >= 4 is 32.4 Å². The second kappa shape index (κ2) is 8.07. The van der Waals surface area contributed by atoms with Crippen molar-refractivity contribution in [3.05, 3.63) is 47.0 Å². The van der Waals surface area contributed by atoms with Crippen molar-refractivity contribution in [2.75, 3.05) is 11.9 Å². The number of allylic oxidation sites excluding steroid dienone is 1. The van der Waals surface area contributed by atoms with Crippen LogP contribution in [0.5, 0.6) is 0 Å². The highest BCUT2D eigenvalue weighted by molar-refractivity contribution is 7.91. The maximum Gasteiger partial charge on any atom is 0.270 e. The first kappa shape index (κ1) is 18.7. The van der Waals surface area contributed by atoms with Crippen molar-refractivity contribution < 1.29 is 13.2 Å². The molecule has 1 aromatic heterocycles. The summed E-state index contributed by atoms with van der Waals surface area (Å²) in [4.78, 5) is 12.2. The fourth-order valence-corrected chi connectivity index (χ4v) is 4.53. The third-order valence-electron chi connectivity index (χ3n) is 4.04. The zero-order chi connectivity index (χ0) is 18.6. The van der Waals surface area contributed by atoms with E-state index in [2.05, 4.69) is 26.3 Å². The van der Waals surface area contributed by atoms with E-state index in [1.165, 1.54) is 0 Å². The van der Waals surface area contributed by atoms with E-state index in [1.807, 2.05) is 19.1 Å². The fourth-order valence-electron chi connectivity index (χ4n) is 2.56. The monoisotopic (exact) mass is 392 g/mol. The number of carbonyl (C=O) groups excluding carboxylic acids is 1. The molecule has 0 fully saturated rings. The maximum absolute atomic E-state index is 12.3. The molecule has 9 heteroatoms. The molecule has 2 N–H and O–H groups in total. The molecule has 0 radical (unpaired) electrons. The van der Waals surface area contributed by atoms with Gasteiger partial charge in [-0.2, -0.15) is 0 Å². The van der Waals surface area contributed by atoms with Gasteiger partial charge in [0.15, 0.2) is 0 Å². The van der Waals surface area contributed by atoms with Crippen LogP contribution in [0, 0.1) is 6.92 Å². The summed E-state index contributed by atoms with van der Waals surface area (Å²) in [6, 6.07) is 7.05. The van der Waals surface area contributed by atoms with Gasteiger partial charge in [0.1, 0.15) is 0 Å². The van der Waals surface area contributed by atoms with Crippen LogP contribution in [0.25, 0.3) is 0 Å². The van der Waals surface area contributed by atoms with Crippen LogP contribution < -0.4 is 10.0 Å². The summed E-state index contributed by atoms with van der Waals surface area (Å²) in [5, 5.41) is 10.2. The Kier molecular flexibility index (Phi) is 5.80. The van der Waals surface area contributed by atoms with E-state index in [1.54, 1.807) is 12.1 Å². The van der Waals surface area contributed by atoms with Gasteiger partial charge >= 0.3 is 0 Å². The summed E-state index contributed by atoms with van der Waals surface area (Å²) in [5.41, 5.74) is 2.61. The Hall–Kier alpha value is -2.10. The molecule has 26 heavy (non-hydrogen) atoms. The molecule has 0 unspecified atom stereocenters. The van der Waals surface area contributed by atoms with E-state index < -0.39 is 10.0 Å². The highest BCUT2D eigenvalue weighted by Gasteiger charge is 2.21. The molecule has 7 nitrogen and oxygen atoms in total. The molecule has 1 aliphatic carbocycles. The first-order valence-corrected chi connectivity index (χ1v) is 10.6. The Bertz CT molecular complexity index is 918. The van der Waals surface area contributed by atoms with Crippen molar-refractivity contribution in [3.63, 3.8) is 0 Å². The van der Waals surface area contributed by atoms with Gasteiger partial charge in [-0.25, -0.2) is 13.1 Å². The number of rotatable bonds is 6. The SMILES string of the molecule is Cc1ccc(C(=O)Nc2nnc(S(=O)(=O)NCC3=CCCCC3)s2)cc1. The zero-order valence-corrected chi connectivity index (χ0v) is 16.0. The van der Waals surface area contributed by atoms with E-state index in [0.29, 0.717) is 5.56 Å². The van der Waals surface area contributed by atoms with E-state index in [-0.39, 0.29) is 21.9 Å². The lowest BCUT2D eigenvalue weighted by Gasteiger charge is -2.12. The van der Waals surface area contributed by atoms with Crippen molar-refractivity contribution in [2.24, 2.45) is 0 Å². The molecule has 1 heterocycles. The molecule has 1 amide bonds. The topological polar surface area (TPSA) is 101 Å². The van der Waals surface area contributed by atoms with E-state index in [0.717, 1.165) is 48.2 Å². The second-order valence-electron chi connectivity index (χ2n) is 6.13. The highest BCUT2D eigenvalue weighted by atomic mass is 32.2. The molecule has 0 aliphatic heterocycles. The van der Waals surface area contributed by atoms with Crippen LogP contribution in [0.2, 0.25) is 0 Å². The number of anilines is 1. The molecule has 0 saturated heterocycles. The molecule has 3 rings (SSSR count). The predicted molar refractivity (Wildman–Crippen MR) is 101 cm³/mol.